The van der Waals surface area contributed by atoms with Gasteiger partial charge in [-0.2, -0.15) is 0 Å². The first-order valence-electron chi connectivity index (χ1n) is 5.56. The van der Waals surface area contributed by atoms with Crippen molar-refractivity contribution in [3.63, 3.8) is 0 Å². The van der Waals surface area contributed by atoms with Crippen LogP contribution in [0.3, 0.4) is 0 Å². The summed E-state index contributed by atoms with van der Waals surface area (Å²) < 4.78 is 13.6. The minimum atomic E-state index is -0.448. The molecule has 0 aliphatic carbocycles. The molecule has 0 radical (unpaired) electrons. The molecule has 0 unspecified atom stereocenters. The van der Waals surface area contributed by atoms with Crippen molar-refractivity contribution in [2.24, 2.45) is 11.1 Å². The molecule has 0 amide bonds. The van der Waals surface area contributed by atoms with E-state index >= 15 is 0 Å². The summed E-state index contributed by atoms with van der Waals surface area (Å²) >= 11 is 0. The number of hydrogen-bond acceptors (Lipinski definition) is 2. The van der Waals surface area contributed by atoms with Gasteiger partial charge in [0.1, 0.15) is 11.7 Å². The summed E-state index contributed by atoms with van der Waals surface area (Å²) in [7, 11) is 1.88. The Hall–Kier alpha value is -1.58. The highest BCUT2D eigenvalue weighted by molar-refractivity contribution is 6.00. The minimum absolute atomic E-state index is 0.0924. The van der Waals surface area contributed by atoms with Crippen molar-refractivity contribution in [1.82, 2.24) is 0 Å². The lowest BCUT2D eigenvalue weighted by Crippen LogP contribution is -2.31. The summed E-state index contributed by atoms with van der Waals surface area (Å²) in [6.45, 7) is 7.08. The van der Waals surface area contributed by atoms with Crippen molar-refractivity contribution in [2.45, 2.75) is 20.8 Å². The van der Waals surface area contributed by atoms with Crippen LogP contribution in [0, 0.1) is 16.6 Å². The Bertz CT molecular complexity index is 421. The van der Waals surface area contributed by atoms with Crippen molar-refractivity contribution >= 4 is 11.5 Å². The molecule has 0 fully saturated rings. The molecule has 0 heterocycles. The Morgan fingerprint density at radius 2 is 2.00 bits per heavy atom. The van der Waals surface area contributed by atoms with Gasteiger partial charge in [0.2, 0.25) is 0 Å². The van der Waals surface area contributed by atoms with Crippen molar-refractivity contribution in [3.8, 4) is 0 Å². The number of halogens is 1. The predicted octanol–water partition coefficient (Wildman–Crippen LogP) is 2.59. The number of benzene rings is 1. The van der Waals surface area contributed by atoms with Gasteiger partial charge in [0, 0.05) is 13.6 Å². The van der Waals surface area contributed by atoms with Gasteiger partial charge in [0.25, 0.3) is 0 Å². The Labute approximate surface area is 102 Å². The number of nitrogens with two attached hydrogens (primary N) is 1. The Kier molecular flexibility index (Phi) is 3.76. The van der Waals surface area contributed by atoms with Crippen LogP contribution in [0.1, 0.15) is 26.3 Å². The fourth-order valence-corrected chi connectivity index (χ4v) is 1.89. The normalized spacial score (nSPS) is 11.4. The maximum atomic E-state index is 13.6. The molecule has 1 aromatic carbocycles. The number of hydrogen-bond donors (Lipinski definition) is 2. The van der Waals surface area contributed by atoms with Gasteiger partial charge in [0.05, 0.1) is 11.3 Å². The van der Waals surface area contributed by atoms with Crippen LogP contribution in [0.15, 0.2) is 18.2 Å². The molecule has 17 heavy (non-hydrogen) atoms. The second-order valence-electron chi connectivity index (χ2n) is 5.46. The molecular formula is C13H20FN3. The van der Waals surface area contributed by atoms with Crippen LogP contribution < -0.4 is 10.6 Å². The van der Waals surface area contributed by atoms with Crippen LogP contribution in [-0.2, 0) is 0 Å². The molecule has 3 N–H and O–H groups in total. The molecule has 0 atom stereocenters. The predicted molar refractivity (Wildman–Crippen MR) is 70.1 cm³/mol. The van der Waals surface area contributed by atoms with E-state index in [0.29, 0.717) is 5.69 Å². The van der Waals surface area contributed by atoms with Crippen LogP contribution in [0.4, 0.5) is 10.1 Å². The third-order valence-electron chi connectivity index (χ3n) is 2.38. The average Bonchev–Trinajstić information content (AvgIpc) is 2.13. The number of nitrogens with zero attached hydrogens (tertiary/aromatic N) is 1. The highest BCUT2D eigenvalue weighted by atomic mass is 19.1. The second-order valence-corrected chi connectivity index (χ2v) is 5.46. The summed E-state index contributed by atoms with van der Waals surface area (Å²) in [6, 6.07) is 4.74. The molecule has 0 spiro atoms. The van der Waals surface area contributed by atoms with E-state index in [1.54, 1.807) is 12.1 Å². The van der Waals surface area contributed by atoms with Gasteiger partial charge >= 0.3 is 0 Å². The lowest BCUT2D eigenvalue weighted by atomic mass is 9.95. The Morgan fingerprint density at radius 1 is 1.41 bits per heavy atom. The maximum absolute atomic E-state index is 13.6. The molecule has 1 aromatic rings. The third kappa shape index (κ3) is 3.44. The van der Waals surface area contributed by atoms with Crippen molar-refractivity contribution in [2.75, 3.05) is 18.5 Å². The summed E-state index contributed by atoms with van der Waals surface area (Å²) in [4.78, 5) is 1.93. The molecule has 0 saturated heterocycles. The summed E-state index contributed by atoms with van der Waals surface area (Å²) in [5.41, 5.74) is 6.37. The number of amidine groups is 1. The first-order valence-corrected chi connectivity index (χ1v) is 5.56. The largest absolute Gasteiger partial charge is 0.384 e. The molecule has 3 nitrogen and oxygen atoms in total. The fourth-order valence-electron chi connectivity index (χ4n) is 1.89. The van der Waals surface area contributed by atoms with Gasteiger partial charge in [-0.05, 0) is 17.5 Å². The molecular weight excluding hydrogens is 217 g/mol. The van der Waals surface area contributed by atoms with E-state index < -0.39 is 5.82 Å². The quantitative estimate of drug-likeness (QED) is 0.627. The van der Waals surface area contributed by atoms with Crippen LogP contribution >= 0.6 is 0 Å². The molecule has 0 bridgehead atoms. The van der Waals surface area contributed by atoms with Gasteiger partial charge in [-0.3, -0.25) is 5.41 Å². The molecule has 0 aliphatic heterocycles. The maximum Gasteiger partial charge on any atom is 0.136 e. The Balaban J connectivity index is 3.13. The van der Waals surface area contributed by atoms with Crippen LogP contribution in [0.5, 0.6) is 0 Å². The monoisotopic (exact) mass is 237 g/mol. The number of nitrogens with one attached hydrogen (secondary N) is 1. The Morgan fingerprint density at radius 3 is 2.47 bits per heavy atom. The standard InChI is InChI=1S/C13H20FN3/c1-13(2,3)8-17(4)10-7-5-6-9(14)11(10)12(15)16/h5-7H,8H2,1-4H3,(H3,15,16). The van der Waals surface area contributed by atoms with E-state index in [1.165, 1.54) is 6.07 Å². The lowest BCUT2D eigenvalue weighted by Gasteiger charge is -2.29. The van der Waals surface area contributed by atoms with E-state index in [1.807, 2.05) is 11.9 Å². The second kappa shape index (κ2) is 4.73. The molecule has 94 valence electrons. The van der Waals surface area contributed by atoms with Gasteiger partial charge in [-0.1, -0.05) is 26.8 Å². The smallest absolute Gasteiger partial charge is 0.136 e. The molecule has 0 aromatic heterocycles. The third-order valence-corrected chi connectivity index (χ3v) is 2.38. The van der Waals surface area contributed by atoms with E-state index in [9.17, 15) is 4.39 Å². The van der Waals surface area contributed by atoms with Gasteiger partial charge in [0.15, 0.2) is 0 Å². The number of anilines is 1. The number of nitrogen functional groups attached to an aromatic ring is 1. The summed E-state index contributed by atoms with van der Waals surface area (Å²) in [5.74, 6) is -0.686. The van der Waals surface area contributed by atoms with Crippen LogP contribution in [0.25, 0.3) is 0 Å². The zero-order chi connectivity index (χ0) is 13.2. The topological polar surface area (TPSA) is 53.1 Å². The van der Waals surface area contributed by atoms with Crippen LogP contribution in [0.2, 0.25) is 0 Å². The van der Waals surface area contributed by atoms with Crippen molar-refractivity contribution in [1.29, 1.82) is 5.41 Å². The highest BCUT2D eigenvalue weighted by Gasteiger charge is 2.19. The SMILES string of the molecule is CN(CC(C)(C)C)c1cccc(F)c1C(=N)N. The zero-order valence-electron chi connectivity index (χ0n) is 10.8. The van der Waals surface area contributed by atoms with Crippen molar-refractivity contribution < 1.29 is 4.39 Å². The summed E-state index contributed by atoms with van der Waals surface area (Å²) in [5, 5.41) is 7.45. The first-order chi connectivity index (χ1) is 7.72. The van der Waals surface area contributed by atoms with Gasteiger partial charge in [-0.15, -0.1) is 0 Å². The number of rotatable bonds is 3. The van der Waals surface area contributed by atoms with E-state index in [2.05, 4.69) is 20.8 Å². The molecule has 4 heteroatoms. The van der Waals surface area contributed by atoms with Crippen LogP contribution in [-0.4, -0.2) is 19.4 Å². The fraction of sp³-hybridized carbons (Fsp3) is 0.462. The highest BCUT2D eigenvalue weighted by Crippen LogP contribution is 2.25. The van der Waals surface area contributed by atoms with E-state index in [4.69, 9.17) is 11.1 Å². The minimum Gasteiger partial charge on any atom is -0.384 e. The van der Waals surface area contributed by atoms with E-state index in [-0.39, 0.29) is 16.8 Å². The molecule has 0 aliphatic rings. The van der Waals surface area contributed by atoms with Gasteiger partial charge in [-0.25, -0.2) is 4.39 Å². The summed E-state index contributed by atoms with van der Waals surface area (Å²) in [6.07, 6.45) is 0. The molecule has 1 rings (SSSR count). The van der Waals surface area contributed by atoms with Crippen molar-refractivity contribution in [3.05, 3.63) is 29.6 Å². The average molecular weight is 237 g/mol. The lowest BCUT2D eigenvalue weighted by molar-refractivity contribution is 0.418. The van der Waals surface area contributed by atoms with Gasteiger partial charge < -0.3 is 10.6 Å². The van der Waals surface area contributed by atoms with E-state index in [0.717, 1.165) is 6.54 Å². The first kappa shape index (κ1) is 13.5. The molecule has 0 saturated carbocycles. The zero-order valence-corrected chi connectivity index (χ0v) is 10.8.